The van der Waals surface area contributed by atoms with Crippen LogP contribution in [0.3, 0.4) is 0 Å². The van der Waals surface area contributed by atoms with Gasteiger partial charge in [0, 0.05) is 5.02 Å². The summed E-state index contributed by atoms with van der Waals surface area (Å²) in [6, 6.07) is 16.4. The number of rotatable bonds is 5. The molecular weight excluding hydrogens is 360 g/mol. The van der Waals surface area contributed by atoms with Crippen molar-refractivity contribution in [1.82, 2.24) is 0 Å². The fraction of sp³-hybridized carbons (Fsp3) is 0.0500. The van der Waals surface area contributed by atoms with Crippen LogP contribution in [0.25, 0.3) is 0 Å². The zero-order valence-electron chi connectivity index (χ0n) is 13.5. The van der Waals surface area contributed by atoms with Gasteiger partial charge < -0.3 is 10.1 Å². The molecule has 0 aliphatic carbocycles. The number of anilines is 1. The maximum atomic E-state index is 13.8. The van der Waals surface area contributed by atoms with Crippen LogP contribution in [0.15, 0.2) is 66.7 Å². The number of hydrogen-bond donors (Lipinski definition) is 1. The first-order valence-electron chi connectivity index (χ1n) is 7.75. The molecule has 0 bridgehead atoms. The molecule has 0 saturated carbocycles. The van der Waals surface area contributed by atoms with Crippen molar-refractivity contribution in [2.45, 2.75) is 6.61 Å². The van der Waals surface area contributed by atoms with Gasteiger partial charge in [0.1, 0.15) is 24.0 Å². The van der Waals surface area contributed by atoms with Gasteiger partial charge in [0.05, 0.1) is 11.3 Å². The standard InChI is InChI=1S/C20H14ClF2NO2/c21-14-7-10-17(23)18(11-14)24-20(25)16-3-1-2-4-19(16)26-12-13-5-8-15(22)9-6-13/h1-11H,12H2,(H,24,25). The van der Waals surface area contributed by atoms with Gasteiger partial charge in [0.25, 0.3) is 5.91 Å². The monoisotopic (exact) mass is 373 g/mol. The molecule has 6 heteroatoms. The van der Waals surface area contributed by atoms with Crippen molar-refractivity contribution in [3.05, 3.63) is 94.5 Å². The predicted molar refractivity (Wildman–Crippen MR) is 96.5 cm³/mol. The zero-order valence-corrected chi connectivity index (χ0v) is 14.3. The highest BCUT2D eigenvalue weighted by molar-refractivity contribution is 6.31. The van der Waals surface area contributed by atoms with Gasteiger partial charge in [-0.15, -0.1) is 0 Å². The van der Waals surface area contributed by atoms with Crippen LogP contribution in [0.4, 0.5) is 14.5 Å². The molecule has 3 nitrogen and oxygen atoms in total. The van der Waals surface area contributed by atoms with Gasteiger partial charge in [0.2, 0.25) is 0 Å². The van der Waals surface area contributed by atoms with E-state index in [4.69, 9.17) is 16.3 Å². The number of amides is 1. The third-order valence-electron chi connectivity index (χ3n) is 3.62. The predicted octanol–water partition coefficient (Wildman–Crippen LogP) is 5.45. The maximum Gasteiger partial charge on any atom is 0.259 e. The Morgan fingerprint density at radius 2 is 1.73 bits per heavy atom. The Morgan fingerprint density at radius 1 is 1.00 bits per heavy atom. The second kappa shape index (κ2) is 7.97. The molecule has 0 aliphatic rings. The zero-order chi connectivity index (χ0) is 18.5. The largest absolute Gasteiger partial charge is 0.488 e. The Hall–Kier alpha value is -2.92. The van der Waals surface area contributed by atoms with Crippen LogP contribution in [-0.2, 0) is 6.61 Å². The van der Waals surface area contributed by atoms with Crippen molar-refractivity contribution < 1.29 is 18.3 Å². The Kier molecular flexibility index (Phi) is 5.49. The number of benzene rings is 3. The Labute approximate surface area is 154 Å². The SMILES string of the molecule is O=C(Nc1cc(Cl)ccc1F)c1ccccc1OCc1ccc(F)cc1. The molecule has 0 spiro atoms. The second-order valence-electron chi connectivity index (χ2n) is 5.49. The number of hydrogen-bond acceptors (Lipinski definition) is 2. The Bertz CT molecular complexity index is 929. The normalized spacial score (nSPS) is 10.4. The smallest absolute Gasteiger partial charge is 0.259 e. The molecule has 1 amide bonds. The van der Waals surface area contributed by atoms with E-state index in [1.54, 1.807) is 36.4 Å². The van der Waals surface area contributed by atoms with Crippen LogP contribution in [0.5, 0.6) is 5.75 Å². The quantitative estimate of drug-likeness (QED) is 0.645. The van der Waals surface area contributed by atoms with Gasteiger partial charge in [-0.3, -0.25) is 4.79 Å². The summed E-state index contributed by atoms with van der Waals surface area (Å²) in [5.74, 6) is -1.12. The highest BCUT2D eigenvalue weighted by Gasteiger charge is 2.14. The molecule has 3 aromatic rings. The van der Waals surface area contributed by atoms with Gasteiger partial charge in [-0.05, 0) is 48.0 Å². The van der Waals surface area contributed by atoms with Crippen molar-refractivity contribution in [2.75, 3.05) is 5.32 Å². The highest BCUT2D eigenvalue weighted by Crippen LogP contribution is 2.24. The van der Waals surface area contributed by atoms with Crippen molar-refractivity contribution in [3.63, 3.8) is 0 Å². The summed E-state index contributed by atoms with van der Waals surface area (Å²) in [5.41, 5.74) is 0.979. The third-order valence-corrected chi connectivity index (χ3v) is 3.85. The summed E-state index contributed by atoms with van der Waals surface area (Å²) in [6.07, 6.45) is 0. The fourth-order valence-electron chi connectivity index (χ4n) is 2.30. The first-order chi connectivity index (χ1) is 12.5. The lowest BCUT2D eigenvalue weighted by Gasteiger charge is -2.12. The van der Waals surface area contributed by atoms with Crippen LogP contribution < -0.4 is 10.1 Å². The first kappa shape index (κ1) is 17.9. The summed E-state index contributed by atoms with van der Waals surface area (Å²) in [4.78, 5) is 12.5. The van der Waals surface area contributed by atoms with Crippen LogP contribution in [0.1, 0.15) is 15.9 Å². The molecule has 0 aliphatic heterocycles. The minimum absolute atomic E-state index is 0.0177. The van der Waals surface area contributed by atoms with E-state index in [9.17, 15) is 13.6 Å². The second-order valence-corrected chi connectivity index (χ2v) is 5.93. The molecule has 0 heterocycles. The van der Waals surface area contributed by atoms with Crippen molar-refractivity contribution in [2.24, 2.45) is 0 Å². The molecular formula is C20H14ClF2NO2. The van der Waals surface area contributed by atoms with Gasteiger partial charge in [-0.25, -0.2) is 8.78 Å². The van der Waals surface area contributed by atoms with E-state index < -0.39 is 11.7 Å². The number of halogens is 3. The van der Waals surface area contributed by atoms with E-state index in [0.29, 0.717) is 10.8 Å². The van der Waals surface area contributed by atoms with Crippen LogP contribution >= 0.6 is 11.6 Å². The number of nitrogens with one attached hydrogen (secondary N) is 1. The highest BCUT2D eigenvalue weighted by atomic mass is 35.5. The molecule has 0 radical (unpaired) electrons. The van der Waals surface area contributed by atoms with Crippen molar-refractivity contribution >= 4 is 23.2 Å². The molecule has 0 unspecified atom stereocenters. The van der Waals surface area contributed by atoms with E-state index in [0.717, 1.165) is 5.56 Å². The molecule has 0 fully saturated rings. The summed E-state index contributed by atoms with van der Waals surface area (Å²) in [5, 5.41) is 2.79. The van der Waals surface area contributed by atoms with E-state index in [-0.39, 0.29) is 23.7 Å². The third kappa shape index (κ3) is 4.37. The summed E-state index contributed by atoms with van der Waals surface area (Å²) >= 11 is 5.84. The fourth-order valence-corrected chi connectivity index (χ4v) is 2.48. The van der Waals surface area contributed by atoms with Crippen LogP contribution in [0.2, 0.25) is 5.02 Å². The Balaban J connectivity index is 1.76. The molecule has 26 heavy (non-hydrogen) atoms. The molecule has 1 N–H and O–H groups in total. The Morgan fingerprint density at radius 3 is 2.50 bits per heavy atom. The number of para-hydroxylation sites is 1. The van der Waals surface area contributed by atoms with Gasteiger partial charge >= 0.3 is 0 Å². The summed E-state index contributed by atoms with van der Waals surface area (Å²) < 4.78 is 32.4. The average molecular weight is 374 g/mol. The van der Waals surface area contributed by atoms with E-state index in [2.05, 4.69) is 5.32 Å². The summed E-state index contributed by atoms with van der Waals surface area (Å²) in [7, 11) is 0. The molecule has 0 saturated heterocycles. The lowest BCUT2D eigenvalue weighted by molar-refractivity contribution is 0.102. The minimum Gasteiger partial charge on any atom is -0.488 e. The summed E-state index contributed by atoms with van der Waals surface area (Å²) in [6.45, 7) is 0.163. The molecule has 3 rings (SSSR count). The lowest BCUT2D eigenvalue weighted by Crippen LogP contribution is -2.14. The first-order valence-corrected chi connectivity index (χ1v) is 8.13. The maximum absolute atomic E-state index is 13.8. The molecule has 0 atom stereocenters. The number of carbonyl (C=O) groups is 1. The van der Waals surface area contributed by atoms with E-state index >= 15 is 0 Å². The average Bonchev–Trinajstić information content (AvgIpc) is 2.64. The molecule has 132 valence electrons. The van der Waals surface area contributed by atoms with Crippen LogP contribution in [-0.4, -0.2) is 5.91 Å². The van der Waals surface area contributed by atoms with E-state index in [1.807, 2.05) is 0 Å². The minimum atomic E-state index is -0.590. The van der Waals surface area contributed by atoms with E-state index in [1.165, 1.54) is 30.3 Å². The van der Waals surface area contributed by atoms with Crippen molar-refractivity contribution in [3.8, 4) is 5.75 Å². The van der Waals surface area contributed by atoms with Crippen molar-refractivity contribution in [1.29, 1.82) is 0 Å². The number of carbonyl (C=O) groups excluding carboxylic acids is 1. The topological polar surface area (TPSA) is 38.3 Å². The van der Waals surface area contributed by atoms with Gasteiger partial charge in [-0.2, -0.15) is 0 Å². The van der Waals surface area contributed by atoms with Gasteiger partial charge in [0.15, 0.2) is 0 Å². The lowest BCUT2D eigenvalue weighted by atomic mass is 10.1. The van der Waals surface area contributed by atoms with Crippen LogP contribution in [0, 0.1) is 11.6 Å². The number of ether oxygens (including phenoxy) is 1. The van der Waals surface area contributed by atoms with Gasteiger partial charge in [-0.1, -0.05) is 35.9 Å². The molecule has 3 aromatic carbocycles. The molecule has 0 aromatic heterocycles.